The first-order valence-corrected chi connectivity index (χ1v) is 10.1. The number of amides is 3. The van der Waals surface area contributed by atoms with Crippen LogP contribution in [0.1, 0.15) is 37.6 Å². The molecule has 0 radical (unpaired) electrons. The zero-order valence-corrected chi connectivity index (χ0v) is 16.3. The van der Waals surface area contributed by atoms with Crippen molar-refractivity contribution in [1.82, 2.24) is 5.32 Å². The highest BCUT2D eigenvalue weighted by molar-refractivity contribution is 7.12. The van der Waals surface area contributed by atoms with Gasteiger partial charge >= 0.3 is 0 Å². The second-order valence-electron chi connectivity index (χ2n) is 6.73. The topological polar surface area (TPSA) is 87.3 Å². The highest BCUT2D eigenvalue weighted by atomic mass is 32.1. The molecule has 1 aliphatic heterocycles. The molecule has 0 atom stereocenters. The quantitative estimate of drug-likeness (QED) is 0.603. The third-order valence-corrected chi connectivity index (χ3v) is 5.54. The molecule has 0 fully saturated rings. The van der Waals surface area contributed by atoms with E-state index in [9.17, 15) is 14.4 Å². The Kier molecular flexibility index (Phi) is 5.39. The third-order valence-electron chi connectivity index (χ3n) is 4.67. The summed E-state index contributed by atoms with van der Waals surface area (Å²) in [6.45, 7) is 0.398. The van der Waals surface area contributed by atoms with Crippen LogP contribution >= 0.6 is 11.3 Å². The van der Waals surface area contributed by atoms with E-state index in [1.807, 2.05) is 29.6 Å². The second kappa shape index (κ2) is 8.28. The Morgan fingerprint density at radius 3 is 2.59 bits per heavy atom. The summed E-state index contributed by atoms with van der Waals surface area (Å²) >= 11 is 1.40. The number of rotatable bonds is 5. The summed E-state index contributed by atoms with van der Waals surface area (Å²) < 4.78 is 0. The van der Waals surface area contributed by atoms with Gasteiger partial charge in [-0.15, -0.1) is 11.3 Å². The Morgan fingerprint density at radius 2 is 1.83 bits per heavy atom. The molecule has 29 heavy (non-hydrogen) atoms. The molecule has 146 valence electrons. The smallest absolute Gasteiger partial charge is 0.261 e. The maximum absolute atomic E-state index is 12.5. The van der Waals surface area contributed by atoms with Gasteiger partial charge in [-0.05, 0) is 59.3 Å². The van der Waals surface area contributed by atoms with Crippen molar-refractivity contribution in [2.45, 2.75) is 19.4 Å². The molecule has 0 spiro atoms. The average Bonchev–Trinajstić information content (AvgIpc) is 3.27. The Bertz CT molecular complexity index is 1060. The molecule has 2 aromatic carbocycles. The number of benzene rings is 2. The van der Waals surface area contributed by atoms with E-state index in [4.69, 9.17) is 0 Å². The number of carbonyl (C=O) groups excluding carboxylic acids is 3. The van der Waals surface area contributed by atoms with Crippen LogP contribution in [-0.2, 0) is 17.8 Å². The van der Waals surface area contributed by atoms with Crippen LogP contribution in [0.5, 0.6) is 0 Å². The number of fused-ring (bicyclic) bond motifs is 1. The van der Waals surface area contributed by atoms with Crippen LogP contribution in [0.25, 0.3) is 0 Å². The normalized spacial score (nSPS) is 12.6. The largest absolute Gasteiger partial charge is 0.347 e. The summed E-state index contributed by atoms with van der Waals surface area (Å²) in [4.78, 5) is 36.6. The van der Waals surface area contributed by atoms with E-state index in [0.29, 0.717) is 35.5 Å². The number of carbonyl (C=O) groups is 3. The van der Waals surface area contributed by atoms with Crippen molar-refractivity contribution in [1.29, 1.82) is 0 Å². The highest BCUT2D eigenvalue weighted by Crippen LogP contribution is 2.26. The summed E-state index contributed by atoms with van der Waals surface area (Å²) in [5.41, 5.74) is 3.95. The van der Waals surface area contributed by atoms with Gasteiger partial charge in [0.2, 0.25) is 5.91 Å². The molecule has 3 amide bonds. The van der Waals surface area contributed by atoms with E-state index < -0.39 is 0 Å². The van der Waals surface area contributed by atoms with Crippen molar-refractivity contribution in [3.8, 4) is 0 Å². The molecular formula is C22H19N3O3S. The van der Waals surface area contributed by atoms with Crippen molar-refractivity contribution in [3.63, 3.8) is 0 Å². The van der Waals surface area contributed by atoms with E-state index in [0.717, 1.165) is 16.8 Å². The fourth-order valence-electron chi connectivity index (χ4n) is 3.12. The lowest BCUT2D eigenvalue weighted by atomic mass is 10.0. The van der Waals surface area contributed by atoms with Gasteiger partial charge in [0, 0.05) is 29.9 Å². The fourth-order valence-corrected chi connectivity index (χ4v) is 3.76. The summed E-state index contributed by atoms with van der Waals surface area (Å²) in [6.07, 6.45) is 1.12. The van der Waals surface area contributed by atoms with Crippen molar-refractivity contribution >= 4 is 40.4 Å². The zero-order chi connectivity index (χ0) is 20.2. The number of hydrogen-bond donors (Lipinski definition) is 3. The van der Waals surface area contributed by atoms with Gasteiger partial charge in [0.1, 0.15) is 0 Å². The molecule has 3 N–H and O–H groups in total. The van der Waals surface area contributed by atoms with E-state index in [-0.39, 0.29) is 17.7 Å². The number of hydrogen-bond acceptors (Lipinski definition) is 4. The van der Waals surface area contributed by atoms with Crippen molar-refractivity contribution in [3.05, 3.63) is 81.5 Å². The number of anilines is 2. The van der Waals surface area contributed by atoms with E-state index >= 15 is 0 Å². The van der Waals surface area contributed by atoms with E-state index in [1.165, 1.54) is 11.3 Å². The van der Waals surface area contributed by atoms with Crippen LogP contribution in [0.4, 0.5) is 11.4 Å². The van der Waals surface area contributed by atoms with Crippen LogP contribution in [0.2, 0.25) is 0 Å². The van der Waals surface area contributed by atoms with Crippen molar-refractivity contribution in [2.75, 3.05) is 10.6 Å². The Balaban J connectivity index is 1.36. The Labute approximate surface area is 172 Å². The van der Waals surface area contributed by atoms with Crippen LogP contribution in [0.15, 0.2) is 60.0 Å². The van der Waals surface area contributed by atoms with Crippen molar-refractivity contribution < 1.29 is 14.4 Å². The first-order valence-electron chi connectivity index (χ1n) is 9.23. The average molecular weight is 405 g/mol. The monoisotopic (exact) mass is 405 g/mol. The van der Waals surface area contributed by atoms with E-state index in [1.54, 1.807) is 30.3 Å². The molecule has 0 aliphatic carbocycles. The summed E-state index contributed by atoms with van der Waals surface area (Å²) in [5.74, 6) is -0.301. The molecule has 0 bridgehead atoms. The van der Waals surface area contributed by atoms with Crippen molar-refractivity contribution in [2.24, 2.45) is 0 Å². The van der Waals surface area contributed by atoms with Gasteiger partial charge in [-0.2, -0.15) is 0 Å². The molecule has 2 heterocycles. The Morgan fingerprint density at radius 1 is 1.00 bits per heavy atom. The predicted octanol–water partition coefficient (Wildman–Crippen LogP) is 3.82. The number of aryl methyl sites for hydroxylation is 1. The highest BCUT2D eigenvalue weighted by Gasteiger charge is 2.15. The summed E-state index contributed by atoms with van der Waals surface area (Å²) in [7, 11) is 0. The molecule has 0 saturated heterocycles. The first kappa shape index (κ1) is 18.9. The fraction of sp³-hybridized carbons (Fsp3) is 0.136. The molecule has 1 aliphatic rings. The minimum Gasteiger partial charge on any atom is -0.347 e. The Hall–Kier alpha value is -3.45. The van der Waals surface area contributed by atoms with Gasteiger partial charge in [0.25, 0.3) is 11.8 Å². The minimum absolute atomic E-state index is 0.0148. The second-order valence-corrected chi connectivity index (χ2v) is 7.68. The van der Waals surface area contributed by atoms with Crippen LogP contribution in [0.3, 0.4) is 0 Å². The van der Waals surface area contributed by atoms with Crippen LogP contribution in [0, 0.1) is 0 Å². The van der Waals surface area contributed by atoms with Crippen LogP contribution < -0.4 is 16.0 Å². The first-order chi connectivity index (χ1) is 14.1. The minimum atomic E-state index is -0.209. The lowest BCUT2D eigenvalue weighted by Crippen LogP contribution is -2.21. The molecule has 4 rings (SSSR count). The van der Waals surface area contributed by atoms with Gasteiger partial charge in [0.15, 0.2) is 0 Å². The van der Waals surface area contributed by atoms with E-state index in [2.05, 4.69) is 16.0 Å². The lowest BCUT2D eigenvalue weighted by molar-refractivity contribution is -0.116. The van der Waals surface area contributed by atoms with Gasteiger partial charge in [-0.1, -0.05) is 18.2 Å². The zero-order valence-electron chi connectivity index (χ0n) is 15.5. The maximum atomic E-state index is 12.5. The van der Waals surface area contributed by atoms with Gasteiger partial charge < -0.3 is 16.0 Å². The summed E-state index contributed by atoms with van der Waals surface area (Å²) in [5, 5.41) is 10.4. The third kappa shape index (κ3) is 4.52. The van der Waals surface area contributed by atoms with Gasteiger partial charge in [0.05, 0.1) is 4.88 Å². The molecular weight excluding hydrogens is 386 g/mol. The summed E-state index contributed by atoms with van der Waals surface area (Å²) in [6, 6.07) is 16.2. The molecule has 0 saturated carbocycles. The number of nitrogens with one attached hydrogen (secondary N) is 3. The molecule has 6 nitrogen and oxygen atoms in total. The standard InChI is InChI=1S/C22H19N3O3S/c26-20-10-7-16-12-17(8-9-18(16)25-20)24-21(27)15-5-3-14(4-6-15)13-23-22(28)19-2-1-11-29-19/h1-6,8-9,11-12H,7,10,13H2,(H,23,28)(H,24,27)(H,25,26). The van der Waals surface area contributed by atoms with Gasteiger partial charge in [-0.25, -0.2) is 0 Å². The van der Waals surface area contributed by atoms with Gasteiger partial charge in [-0.3, -0.25) is 14.4 Å². The molecule has 0 unspecified atom stereocenters. The lowest BCUT2D eigenvalue weighted by Gasteiger charge is -2.17. The van der Waals surface area contributed by atoms with Crippen LogP contribution in [-0.4, -0.2) is 17.7 Å². The molecule has 7 heteroatoms. The SMILES string of the molecule is O=C1CCc2cc(NC(=O)c3ccc(CNC(=O)c4cccs4)cc3)ccc2N1. The maximum Gasteiger partial charge on any atom is 0.261 e. The molecule has 3 aromatic rings. The molecule has 1 aromatic heterocycles. The number of thiophene rings is 1. The predicted molar refractivity (Wildman–Crippen MR) is 113 cm³/mol.